The number of Topliss-reactive ketones (excluding diaryl/α,β-unsaturated/α-hetero) is 3. The molecule has 0 amide bonds. The molecule has 5 heteroatoms. The highest BCUT2D eigenvalue weighted by molar-refractivity contribution is 5.95. The van der Waals surface area contributed by atoms with Crippen molar-refractivity contribution in [2.24, 2.45) is 34.5 Å². The van der Waals surface area contributed by atoms with E-state index in [1.54, 1.807) is 13.8 Å². The number of rotatable bonds is 4. The second-order valence-corrected chi connectivity index (χ2v) is 8.91. The van der Waals surface area contributed by atoms with Gasteiger partial charge >= 0.3 is 5.97 Å². The fourth-order valence-corrected chi connectivity index (χ4v) is 6.46. The minimum atomic E-state index is -0.929. The number of carboxylic acids is 1. The van der Waals surface area contributed by atoms with E-state index in [0.29, 0.717) is 19.3 Å². The number of hydrogen-bond donors (Lipinski definition) is 1. The summed E-state index contributed by atoms with van der Waals surface area (Å²) in [5.41, 5.74) is -1.16. The summed E-state index contributed by atoms with van der Waals surface area (Å²) in [6.45, 7) is 5.50. The number of carboxylic acid groups (broad SMARTS) is 1. The average molecular weight is 348 g/mol. The van der Waals surface area contributed by atoms with Crippen LogP contribution in [0.1, 0.15) is 65.7 Å². The first-order chi connectivity index (χ1) is 11.6. The van der Waals surface area contributed by atoms with Crippen LogP contribution in [0.15, 0.2) is 0 Å². The van der Waals surface area contributed by atoms with E-state index in [-0.39, 0.29) is 59.3 Å². The molecule has 3 fully saturated rings. The van der Waals surface area contributed by atoms with Crippen LogP contribution >= 0.6 is 0 Å². The normalized spacial score (nSPS) is 43.5. The quantitative estimate of drug-likeness (QED) is 0.843. The van der Waals surface area contributed by atoms with Gasteiger partial charge in [-0.3, -0.25) is 19.2 Å². The third kappa shape index (κ3) is 2.67. The summed E-state index contributed by atoms with van der Waals surface area (Å²) in [6.07, 6.45) is 3.36. The summed E-state index contributed by atoms with van der Waals surface area (Å²) in [6, 6.07) is 0. The van der Waals surface area contributed by atoms with Crippen LogP contribution < -0.4 is 0 Å². The largest absolute Gasteiger partial charge is 0.481 e. The SMILES string of the molecule is CC(=O)[C@H]1CCC2C3CCC(=O)[C@](C)(CCC(=O)O)C3C(=O)C[C@@]21C. The molecule has 3 saturated carbocycles. The summed E-state index contributed by atoms with van der Waals surface area (Å²) in [7, 11) is 0. The monoisotopic (exact) mass is 348 g/mol. The number of carbonyl (C=O) groups is 4. The molecule has 3 aliphatic rings. The fourth-order valence-electron chi connectivity index (χ4n) is 6.46. The van der Waals surface area contributed by atoms with Gasteiger partial charge in [-0.25, -0.2) is 0 Å². The molecule has 3 unspecified atom stereocenters. The molecule has 0 bridgehead atoms. The Labute approximate surface area is 148 Å². The molecule has 3 aliphatic carbocycles. The molecule has 0 aromatic heterocycles. The highest BCUT2D eigenvalue weighted by Crippen LogP contribution is 2.63. The van der Waals surface area contributed by atoms with Gasteiger partial charge < -0.3 is 5.11 Å². The lowest BCUT2D eigenvalue weighted by molar-refractivity contribution is -0.161. The fraction of sp³-hybridized carbons (Fsp3) is 0.800. The van der Waals surface area contributed by atoms with E-state index < -0.39 is 11.4 Å². The van der Waals surface area contributed by atoms with Gasteiger partial charge in [-0.15, -0.1) is 0 Å². The van der Waals surface area contributed by atoms with Crippen molar-refractivity contribution in [3.05, 3.63) is 0 Å². The maximum absolute atomic E-state index is 13.1. The second kappa shape index (κ2) is 6.03. The van der Waals surface area contributed by atoms with Gasteiger partial charge in [-0.1, -0.05) is 13.8 Å². The molecular formula is C20H28O5. The molecule has 25 heavy (non-hydrogen) atoms. The number of ketones is 3. The van der Waals surface area contributed by atoms with Crippen LogP contribution in [0.3, 0.4) is 0 Å². The predicted octanol–water partition coefficient (Wildman–Crippen LogP) is 3.05. The molecule has 0 heterocycles. The van der Waals surface area contributed by atoms with E-state index in [0.717, 1.165) is 12.8 Å². The minimum Gasteiger partial charge on any atom is -0.481 e. The van der Waals surface area contributed by atoms with Gasteiger partial charge in [0.05, 0.1) is 0 Å². The lowest BCUT2D eigenvalue weighted by Gasteiger charge is -2.54. The zero-order valence-corrected chi connectivity index (χ0v) is 15.3. The maximum Gasteiger partial charge on any atom is 0.303 e. The Bertz CT molecular complexity index is 638. The summed E-state index contributed by atoms with van der Waals surface area (Å²) >= 11 is 0. The van der Waals surface area contributed by atoms with Crippen LogP contribution in [0.5, 0.6) is 0 Å². The lowest BCUT2D eigenvalue weighted by atomic mass is 9.48. The molecule has 0 aromatic rings. The van der Waals surface area contributed by atoms with E-state index in [1.165, 1.54) is 0 Å². The van der Waals surface area contributed by atoms with Crippen molar-refractivity contribution in [1.29, 1.82) is 0 Å². The highest BCUT2D eigenvalue weighted by Gasteiger charge is 2.63. The van der Waals surface area contributed by atoms with Crippen molar-refractivity contribution in [3.63, 3.8) is 0 Å². The van der Waals surface area contributed by atoms with E-state index in [9.17, 15) is 19.2 Å². The Morgan fingerprint density at radius 2 is 1.84 bits per heavy atom. The van der Waals surface area contributed by atoms with Crippen molar-refractivity contribution in [1.82, 2.24) is 0 Å². The molecule has 0 aromatic carbocycles. The minimum absolute atomic E-state index is 0.0352. The Kier molecular flexibility index (Phi) is 4.41. The third-order valence-corrected chi connectivity index (χ3v) is 7.63. The molecule has 6 atom stereocenters. The smallest absolute Gasteiger partial charge is 0.303 e. The molecule has 5 nitrogen and oxygen atoms in total. The van der Waals surface area contributed by atoms with E-state index in [4.69, 9.17) is 5.11 Å². The number of aliphatic carboxylic acids is 1. The van der Waals surface area contributed by atoms with Crippen molar-refractivity contribution in [3.8, 4) is 0 Å². The first-order valence-corrected chi connectivity index (χ1v) is 9.39. The summed E-state index contributed by atoms with van der Waals surface area (Å²) in [5, 5.41) is 9.06. The van der Waals surface area contributed by atoms with Crippen LogP contribution in [0.25, 0.3) is 0 Å². The van der Waals surface area contributed by atoms with Crippen LogP contribution in [0, 0.1) is 34.5 Å². The van der Waals surface area contributed by atoms with E-state index in [2.05, 4.69) is 6.92 Å². The first kappa shape index (κ1) is 18.3. The zero-order valence-electron chi connectivity index (χ0n) is 15.3. The Morgan fingerprint density at radius 3 is 2.44 bits per heavy atom. The molecule has 0 aliphatic heterocycles. The van der Waals surface area contributed by atoms with E-state index in [1.807, 2.05) is 0 Å². The van der Waals surface area contributed by atoms with Gasteiger partial charge in [-0.2, -0.15) is 0 Å². The van der Waals surface area contributed by atoms with Gasteiger partial charge in [0.1, 0.15) is 17.3 Å². The highest BCUT2D eigenvalue weighted by atomic mass is 16.4. The zero-order chi connectivity index (χ0) is 18.6. The topological polar surface area (TPSA) is 88.5 Å². The van der Waals surface area contributed by atoms with Gasteiger partial charge in [0.2, 0.25) is 0 Å². The van der Waals surface area contributed by atoms with Crippen molar-refractivity contribution in [2.45, 2.75) is 65.7 Å². The number of carbonyl (C=O) groups excluding carboxylic acids is 3. The summed E-state index contributed by atoms with van der Waals surface area (Å²) < 4.78 is 0. The van der Waals surface area contributed by atoms with Gasteiger partial charge in [0.25, 0.3) is 0 Å². The second-order valence-electron chi connectivity index (χ2n) is 8.91. The molecule has 0 spiro atoms. The summed E-state index contributed by atoms with van der Waals surface area (Å²) in [5.74, 6) is -0.722. The molecule has 138 valence electrons. The van der Waals surface area contributed by atoms with Crippen LogP contribution in [-0.2, 0) is 19.2 Å². The van der Waals surface area contributed by atoms with Gasteiger partial charge in [-0.05, 0) is 49.9 Å². The van der Waals surface area contributed by atoms with Crippen molar-refractivity contribution < 1.29 is 24.3 Å². The van der Waals surface area contributed by atoms with Crippen LogP contribution in [0.4, 0.5) is 0 Å². The summed E-state index contributed by atoms with van der Waals surface area (Å²) in [4.78, 5) is 49.0. The Balaban J connectivity index is 1.95. The number of hydrogen-bond acceptors (Lipinski definition) is 4. The van der Waals surface area contributed by atoms with Crippen molar-refractivity contribution >= 4 is 23.3 Å². The van der Waals surface area contributed by atoms with E-state index >= 15 is 0 Å². The Morgan fingerprint density at radius 1 is 1.16 bits per heavy atom. The standard InChI is InChI=1S/C20H28O5/c1-11(21)13-5-6-14-12-4-7-16(23)19(2,9-8-17(24)25)18(12)15(22)10-20(13,14)3/h12-14,18H,4-10H2,1-3H3,(H,24,25)/t12?,13-,14?,18?,19+,20-/m1/s1. The van der Waals surface area contributed by atoms with Crippen LogP contribution in [0.2, 0.25) is 0 Å². The molecule has 1 N–H and O–H groups in total. The average Bonchev–Trinajstić information content (AvgIpc) is 2.85. The number of fused-ring (bicyclic) bond motifs is 3. The van der Waals surface area contributed by atoms with Gasteiger partial charge in [0.15, 0.2) is 0 Å². The van der Waals surface area contributed by atoms with Crippen molar-refractivity contribution in [2.75, 3.05) is 0 Å². The molecule has 3 rings (SSSR count). The molecule has 0 radical (unpaired) electrons. The predicted molar refractivity (Wildman–Crippen MR) is 90.8 cm³/mol. The molecular weight excluding hydrogens is 320 g/mol. The third-order valence-electron chi connectivity index (χ3n) is 7.63. The first-order valence-electron chi connectivity index (χ1n) is 9.39. The lowest BCUT2D eigenvalue weighted by Crippen LogP contribution is -2.56. The Hall–Kier alpha value is -1.52. The molecule has 0 saturated heterocycles. The maximum atomic E-state index is 13.1. The van der Waals surface area contributed by atoms with Crippen LogP contribution in [-0.4, -0.2) is 28.4 Å². The van der Waals surface area contributed by atoms with Gasteiger partial charge in [0, 0.05) is 36.5 Å².